The first-order valence-corrected chi connectivity index (χ1v) is 5.59. The van der Waals surface area contributed by atoms with Crippen LogP contribution in [0.1, 0.15) is 6.42 Å². The minimum absolute atomic E-state index is 0.410. The van der Waals surface area contributed by atoms with Gasteiger partial charge < -0.3 is 20.1 Å². The predicted molar refractivity (Wildman–Crippen MR) is 62.9 cm³/mol. The molecule has 2 fully saturated rings. The van der Waals surface area contributed by atoms with Crippen LogP contribution in [-0.2, 0) is 4.74 Å². The molecule has 0 amide bonds. The van der Waals surface area contributed by atoms with Crippen molar-refractivity contribution in [1.29, 1.82) is 0 Å². The highest BCUT2D eigenvalue weighted by molar-refractivity contribution is 5.64. The summed E-state index contributed by atoms with van der Waals surface area (Å²) in [5, 5.41) is 0. The first-order valence-electron chi connectivity index (χ1n) is 5.59. The van der Waals surface area contributed by atoms with Crippen molar-refractivity contribution in [1.82, 2.24) is 0 Å². The van der Waals surface area contributed by atoms with Gasteiger partial charge in [0.15, 0.2) is 0 Å². The second kappa shape index (κ2) is 3.56. The van der Waals surface area contributed by atoms with E-state index >= 15 is 0 Å². The first kappa shape index (κ1) is 9.78. The van der Waals surface area contributed by atoms with Crippen LogP contribution >= 0.6 is 0 Å². The molecule has 4 nitrogen and oxygen atoms in total. The Hall–Kier alpha value is -1.42. The van der Waals surface area contributed by atoms with Crippen LogP contribution in [0.5, 0.6) is 5.75 Å². The zero-order valence-corrected chi connectivity index (χ0v) is 9.35. The summed E-state index contributed by atoms with van der Waals surface area (Å²) >= 11 is 0. The number of morpholine rings is 1. The average molecular weight is 220 g/mol. The topological polar surface area (TPSA) is 47.7 Å². The number of methoxy groups -OCH3 is 1. The minimum Gasteiger partial charge on any atom is -0.495 e. The number of benzene rings is 1. The van der Waals surface area contributed by atoms with E-state index in [1.165, 1.54) is 5.69 Å². The van der Waals surface area contributed by atoms with Crippen LogP contribution in [0, 0.1) is 0 Å². The quantitative estimate of drug-likeness (QED) is 0.762. The van der Waals surface area contributed by atoms with Crippen LogP contribution in [0.15, 0.2) is 18.2 Å². The van der Waals surface area contributed by atoms with E-state index in [-0.39, 0.29) is 0 Å². The molecule has 2 N–H and O–H groups in total. The lowest BCUT2D eigenvalue weighted by molar-refractivity contribution is 0.0991. The maximum atomic E-state index is 5.91. The van der Waals surface area contributed by atoms with Gasteiger partial charge in [0.25, 0.3) is 0 Å². The van der Waals surface area contributed by atoms with Crippen LogP contribution in [0.2, 0.25) is 0 Å². The number of anilines is 2. The van der Waals surface area contributed by atoms with Crippen molar-refractivity contribution in [3.8, 4) is 5.75 Å². The number of fused-ring (bicyclic) bond motifs is 2. The van der Waals surface area contributed by atoms with Crippen molar-refractivity contribution in [2.24, 2.45) is 0 Å². The van der Waals surface area contributed by atoms with Crippen LogP contribution in [0.4, 0.5) is 11.4 Å². The van der Waals surface area contributed by atoms with Crippen molar-refractivity contribution in [3.63, 3.8) is 0 Å². The molecule has 2 saturated heterocycles. The normalized spacial score (nSPS) is 27.4. The molecule has 4 heteroatoms. The number of nitrogens with two attached hydrogens (primary N) is 1. The lowest BCUT2D eigenvalue weighted by atomic mass is 10.2. The van der Waals surface area contributed by atoms with Gasteiger partial charge in [-0.05, 0) is 24.6 Å². The third kappa shape index (κ3) is 1.41. The monoisotopic (exact) mass is 220 g/mol. The Morgan fingerprint density at radius 2 is 2.38 bits per heavy atom. The molecule has 0 aromatic heterocycles. The Morgan fingerprint density at radius 3 is 2.94 bits per heavy atom. The van der Waals surface area contributed by atoms with E-state index in [2.05, 4.69) is 11.0 Å². The Kier molecular flexibility index (Phi) is 2.17. The smallest absolute Gasteiger partial charge is 0.141 e. The maximum Gasteiger partial charge on any atom is 0.141 e. The van der Waals surface area contributed by atoms with Gasteiger partial charge in [-0.1, -0.05) is 0 Å². The Bertz CT molecular complexity index is 408. The van der Waals surface area contributed by atoms with E-state index in [4.69, 9.17) is 15.2 Å². The van der Waals surface area contributed by atoms with Gasteiger partial charge in [-0.15, -0.1) is 0 Å². The molecule has 2 heterocycles. The molecule has 2 bridgehead atoms. The van der Waals surface area contributed by atoms with Crippen LogP contribution < -0.4 is 15.4 Å². The summed E-state index contributed by atoms with van der Waals surface area (Å²) in [6.45, 7) is 1.83. The molecule has 1 aromatic carbocycles. The van der Waals surface area contributed by atoms with Gasteiger partial charge in [-0.2, -0.15) is 0 Å². The molecular weight excluding hydrogens is 204 g/mol. The molecule has 2 aliphatic heterocycles. The summed E-state index contributed by atoms with van der Waals surface area (Å²) in [6, 6.07) is 6.50. The fourth-order valence-corrected chi connectivity index (χ4v) is 2.62. The predicted octanol–water partition coefficient (Wildman–Crippen LogP) is 1.25. The van der Waals surface area contributed by atoms with E-state index in [0.29, 0.717) is 17.8 Å². The summed E-state index contributed by atoms with van der Waals surface area (Å²) in [5.74, 6) is 0.740. The highest BCUT2D eigenvalue weighted by Crippen LogP contribution is 2.35. The molecule has 0 saturated carbocycles. The molecule has 0 unspecified atom stereocenters. The number of ether oxygens (including phenoxy) is 2. The third-order valence-corrected chi connectivity index (χ3v) is 3.45. The molecule has 86 valence electrons. The van der Waals surface area contributed by atoms with E-state index in [0.717, 1.165) is 25.3 Å². The Labute approximate surface area is 94.9 Å². The first-order chi connectivity index (χ1) is 7.78. The molecule has 16 heavy (non-hydrogen) atoms. The SMILES string of the molecule is COc1ccc(N2C[C@@H]3C[C@H]2CO3)cc1N. The number of hydrogen-bond acceptors (Lipinski definition) is 4. The summed E-state index contributed by atoms with van der Waals surface area (Å²) in [5.41, 5.74) is 7.79. The van der Waals surface area contributed by atoms with Crippen LogP contribution in [0.25, 0.3) is 0 Å². The molecule has 0 spiro atoms. The lowest BCUT2D eigenvalue weighted by Gasteiger charge is -2.29. The highest BCUT2D eigenvalue weighted by atomic mass is 16.5. The van der Waals surface area contributed by atoms with Crippen molar-refractivity contribution >= 4 is 11.4 Å². The standard InChI is InChI=1S/C12H16N2O2/c1-15-12-3-2-8(5-11(12)13)14-6-10-4-9(14)7-16-10/h2-3,5,9-10H,4,6-7,13H2,1H3/t9-,10-/m0/s1. The number of hydrogen-bond donors (Lipinski definition) is 1. The number of rotatable bonds is 2. The lowest BCUT2D eigenvalue weighted by Crippen LogP contribution is -2.36. The molecule has 0 radical (unpaired) electrons. The molecule has 0 aliphatic carbocycles. The number of nitrogen functional groups attached to an aromatic ring is 1. The Balaban J connectivity index is 1.87. The van der Waals surface area contributed by atoms with Gasteiger partial charge in [0.2, 0.25) is 0 Å². The fraction of sp³-hybridized carbons (Fsp3) is 0.500. The van der Waals surface area contributed by atoms with Gasteiger partial charge in [0.05, 0.1) is 31.5 Å². The second-order valence-corrected chi connectivity index (χ2v) is 4.42. The summed E-state index contributed by atoms with van der Waals surface area (Å²) in [7, 11) is 1.64. The number of nitrogens with zero attached hydrogens (tertiary/aromatic N) is 1. The zero-order chi connectivity index (χ0) is 11.1. The van der Waals surface area contributed by atoms with E-state index in [9.17, 15) is 0 Å². The minimum atomic E-state index is 0.410. The third-order valence-electron chi connectivity index (χ3n) is 3.45. The summed E-state index contributed by atoms with van der Waals surface area (Å²) < 4.78 is 10.7. The van der Waals surface area contributed by atoms with Crippen molar-refractivity contribution in [3.05, 3.63) is 18.2 Å². The largest absolute Gasteiger partial charge is 0.495 e. The van der Waals surface area contributed by atoms with Gasteiger partial charge >= 0.3 is 0 Å². The zero-order valence-electron chi connectivity index (χ0n) is 9.35. The van der Waals surface area contributed by atoms with Crippen LogP contribution in [0.3, 0.4) is 0 Å². The Morgan fingerprint density at radius 1 is 1.50 bits per heavy atom. The molecule has 1 aromatic rings. The summed E-state index contributed by atoms with van der Waals surface area (Å²) in [4.78, 5) is 2.38. The van der Waals surface area contributed by atoms with Crippen molar-refractivity contribution in [2.45, 2.75) is 18.6 Å². The molecular formula is C12H16N2O2. The second-order valence-electron chi connectivity index (χ2n) is 4.42. The molecule has 2 atom stereocenters. The van der Waals surface area contributed by atoms with E-state index in [1.54, 1.807) is 7.11 Å². The average Bonchev–Trinajstić information content (AvgIpc) is 2.90. The molecule has 2 aliphatic rings. The van der Waals surface area contributed by atoms with Crippen LogP contribution in [-0.4, -0.2) is 32.4 Å². The van der Waals surface area contributed by atoms with Crippen molar-refractivity contribution in [2.75, 3.05) is 30.9 Å². The van der Waals surface area contributed by atoms with Gasteiger partial charge in [-0.3, -0.25) is 0 Å². The van der Waals surface area contributed by atoms with E-state index in [1.807, 2.05) is 12.1 Å². The fourth-order valence-electron chi connectivity index (χ4n) is 2.62. The highest BCUT2D eigenvalue weighted by Gasteiger charge is 2.39. The van der Waals surface area contributed by atoms with Crippen molar-refractivity contribution < 1.29 is 9.47 Å². The van der Waals surface area contributed by atoms with Gasteiger partial charge in [0, 0.05) is 12.2 Å². The molecule has 3 rings (SSSR count). The maximum absolute atomic E-state index is 5.91. The van der Waals surface area contributed by atoms with E-state index < -0.39 is 0 Å². The van der Waals surface area contributed by atoms with Gasteiger partial charge in [0.1, 0.15) is 5.75 Å². The summed E-state index contributed by atoms with van der Waals surface area (Å²) in [6.07, 6.45) is 1.56. The van der Waals surface area contributed by atoms with Gasteiger partial charge in [-0.25, -0.2) is 0 Å².